The van der Waals surface area contributed by atoms with Crippen molar-refractivity contribution in [3.8, 4) is 5.88 Å². The Hall–Kier alpha value is -3.68. The number of amides is 1. The molecular formula is C18H23N3O11. The van der Waals surface area contributed by atoms with Gasteiger partial charge in [-0.2, -0.15) is 0 Å². The molecule has 1 aromatic rings. The third-order valence-corrected chi connectivity index (χ3v) is 4.25. The number of esters is 4. The van der Waals surface area contributed by atoms with Crippen molar-refractivity contribution in [2.45, 2.75) is 58.3 Å². The Morgan fingerprint density at radius 3 is 2.00 bits per heavy atom. The first-order valence-electron chi connectivity index (χ1n) is 9.28. The predicted octanol–water partition coefficient (Wildman–Crippen LogP) is -1.06. The third-order valence-electron chi connectivity index (χ3n) is 4.25. The molecule has 1 aromatic heterocycles. The fraction of sp³-hybridized carbons (Fsp3) is 0.556. The molecule has 14 heteroatoms. The Bertz CT molecular complexity index is 912. The molecule has 1 saturated heterocycles. The van der Waals surface area contributed by atoms with E-state index < -0.39 is 78.6 Å². The van der Waals surface area contributed by atoms with Crippen molar-refractivity contribution in [2.75, 3.05) is 6.61 Å². The Balaban J connectivity index is 2.63. The van der Waals surface area contributed by atoms with E-state index in [-0.39, 0.29) is 0 Å². The van der Waals surface area contributed by atoms with Gasteiger partial charge in [-0.3, -0.25) is 28.5 Å². The maximum atomic E-state index is 11.9. The zero-order valence-electron chi connectivity index (χ0n) is 17.7. The number of nitrogens with two attached hydrogens (primary N) is 1. The van der Waals surface area contributed by atoms with Crippen molar-refractivity contribution >= 4 is 29.8 Å². The zero-order valence-corrected chi connectivity index (χ0v) is 17.7. The average Bonchev–Trinajstić information content (AvgIpc) is 3.03. The van der Waals surface area contributed by atoms with Gasteiger partial charge in [0.2, 0.25) is 5.88 Å². The first-order chi connectivity index (χ1) is 14.9. The first-order valence-corrected chi connectivity index (χ1v) is 9.28. The molecule has 1 amide bonds. The Morgan fingerprint density at radius 2 is 1.50 bits per heavy atom. The maximum absolute atomic E-state index is 11.9. The second-order valence-corrected chi connectivity index (χ2v) is 6.78. The monoisotopic (exact) mass is 457 g/mol. The van der Waals surface area contributed by atoms with Gasteiger partial charge in [-0.25, -0.2) is 4.98 Å². The number of carbonyl (C=O) groups is 5. The lowest BCUT2D eigenvalue weighted by Crippen LogP contribution is -2.60. The molecule has 1 fully saturated rings. The largest absolute Gasteiger partial charge is 0.492 e. The first kappa shape index (κ1) is 24.6. The Labute approximate surface area is 181 Å². The van der Waals surface area contributed by atoms with Gasteiger partial charge in [-0.05, 0) is 0 Å². The van der Waals surface area contributed by atoms with Gasteiger partial charge >= 0.3 is 23.9 Å². The number of ether oxygens (including phenoxy) is 5. The fourth-order valence-corrected chi connectivity index (χ4v) is 3.21. The van der Waals surface area contributed by atoms with Crippen molar-refractivity contribution in [3.05, 3.63) is 12.0 Å². The number of nitrogens with zero attached hydrogens (tertiary/aromatic N) is 2. The molecular weight excluding hydrogens is 434 g/mol. The minimum Gasteiger partial charge on any atom is -0.492 e. The Morgan fingerprint density at radius 1 is 0.969 bits per heavy atom. The smallest absolute Gasteiger partial charge is 0.303 e. The zero-order chi connectivity index (χ0) is 24.2. The minimum atomic E-state index is -1.49. The highest BCUT2D eigenvalue weighted by Crippen LogP contribution is 2.36. The predicted molar refractivity (Wildman–Crippen MR) is 99.6 cm³/mol. The highest BCUT2D eigenvalue weighted by Gasteiger charge is 2.53. The molecule has 1 aliphatic rings. The van der Waals surface area contributed by atoms with Crippen LogP contribution in [0.3, 0.4) is 0 Å². The molecule has 32 heavy (non-hydrogen) atoms. The number of primary amides is 1. The summed E-state index contributed by atoms with van der Waals surface area (Å²) in [6.45, 7) is 3.89. The molecule has 14 nitrogen and oxygen atoms in total. The highest BCUT2D eigenvalue weighted by atomic mass is 16.7. The number of hydrogen-bond donors (Lipinski definition) is 2. The normalized spacial score (nSPS) is 24.8. The molecule has 3 N–H and O–H groups in total. The van der Waals surface area contributed by atoms with Crippen LogP contribution in [-0.2, 0) is 42.9 Å². The molecule has 2 rings (SSSR count). The quantitative estimate of drug-likeness (QED) is 0.373. The van der Waals surface area contributed by atoms with E-state index in [1.807, 2.05) is 0 Å². The van der Waals surface area contributed by atoms with Crippen LogP contribution in [0, 0.1) is 0 Å². The van der Waals surface area contributed by atoms with Crippen LogP contribution in [0.4, 0.5) is 0 Å². The van der Waals surface area contributed by atoms with Gasteiger partial charge in [-0.15, -0.1) is 0 Å². The molecule has 1 aliphatic heterocycles. The number of aromatic hydroxyl groups is 1. The van der Waals surface area contributed by atoms with Crippen molar-refractivity contribution in [3.63, 3.8) is 0 Å². The van der Waals surface area contributed by atoms with Crippen LogP contribution < -0.4 is 5.73 Å². The van der Waals surface area contributed by atoms with E-state index >= 15 is 0 Å². The summed E-state index contributed by atoms with van der Waals surface area (Å²) in [4.78, 5) is 62.1. The molecule has 0 spiro atoms. The molecule has 0 unspecified atom stereocenters. The van der Waals surface area contributed by atoms with Crippen LogP contribution in [0.2, 0.25) is 0 Å². The molecule has 2 heterocycles. The average molecular weight is 457 g/mol. The van der Waals surface area contributed by atoms with Gasteiger partial charge in [0.25, 0.3) is 5.91 Å². The van der Waals surface area contributed by atoms with Crippen LogP contribution in [0.15, 0.2) is 6.33 Å². The van der Waals surface area contributed by atoms with E-state index in [0.717, 1.165) is 38.6 Å². The van der Waals surface area contributed by atoms with Crippen LogP contribution in [0.25, 0.3) is 0 Å². The topological polar surface area (TPSA) is 196 Å². The summed E-state index contributed by atoms with van der Waals surface area (Å²) in [6.07, 6.45) is -6.02. The second-order valence-electron chi connectivity index (χ2n) is 6.78. The maximum Gasteiger partial charge on any atom is 0.303 e. The lowest BCUT2D eigenvalue weighted by molar-refractivity contribution is -0.268. The number of hydrogen-bond acceptors (Lipinski definition) is 12. The molecule has 0 aromatic carbocycles. The van der Waals surface area contributed by atoms with E-state index in [4.69, 9.17) is 29.4 Å². The summed E-state index contributed by atoms with van der Waals surface area (Å²) >= 11 is 0. The van der Waals surface area contributed by atoms with Gasteiger partial charge in [0.05, 0.1) is 0 Å². The van der Waals surface area contributed by atoms with Crippen LogP contribution in [-0.4, -0.2) is 75.5 Å². The van der Waals surface area contributed by atoms with Gasteiger partial charge in [0.1, 0.15) is 19.0 Å². The number of imidazole rings is 1. The fourth-order valence-electron chi connectivity index (χ4n) is 3.21. The SMILES string of the molecule is CC(=O)OC[C@H]1O[C@@H](n2cnc(O)c2C(N)=O)[C@H](OC(C)=O)[C@@H](OC(C)=O)[C@@H]1OC(C)=O. The summed E-state index contributed by atoms with van der Waals surface area (Å²) in [5.74, 6) is -4.94. The number of aromatic nitrogens is 2. The van der Waals surface area contributed by atoms with E-state index in [2.05, 4.69) is 4.98 Å². The second kappa shape index (κ2) is 10.1. The lowest BCUT2D eigenvalue weighted by Gasteiger charge is -2.44. The van der Waals surface area contributed by atoms with E-state index in [0.29, 0.717) is 0 Å². The van der Waals surface area contributed by atoms with E-state index in [1.165, 1.54) is 0 Å². The third kappa shape index (κ3) is 5.72. The Kier molecular flexibility index (Phi) is 7.75. The summed E-state index contributed by atoms with van der Waals surface area (Å²) in [5, 5.41) is 9.90. The van der Waals surface area contributed by atoms with Gasteiger partial charge in [-0.1, -0.05) is 0 Å². The molecule has 0 radical (unpaired) electrons. The van der Waals surface area contributed by atoms with Crippen molar-refractivity contribution < 1.29 is 52.8 Å². The molecule has 0 saturated carbocycles. The van der Waals surface area contributed by atoms with Crippen LogP contribution >= 0.6 is 0 Å². The highest BCUT2D eigenvalue weighted by molar-refractivity contribution is 5.93. The summed E-state index contributed by atoms with van der Waals surface area (Å²) < 4.78 is 27.6. The molecule has 5 atom stereocenters. The molecule has 0 aliphatic carbocycles. The summed E-state index contributed by atoms with van der Waals surface area (Å²) in [7, 11) is 0. The lowest BCUT2D eigenvalue weighted by atomic mass is 9.97. The summed E-state index contributed by atoms with van der Waals surface area (Å²) in [5.41, 5.74) is 4.81. The number of rotatable bonds is 7. The summed E-state index contributed by atoms with van der Waals surface area (Å²) in [6, 6.07) is 0. The molecule has 0 bridgehead atoms. The van der Waals surface area contributed by atoms with Crippen molar-refractivity contribution in [1.82, 2.24) is 9.55 Å². The van der Waals surface area contributed by atoms with Crippen molar-refractivity contribution in [2.24, 2.45) is 5.73 Å². The van der Waals surface area contributed by atoms with Crippen molar-refractivity contribution in [1.29, 1.82) is 0 Å². The standard InChI is InChI=1S/C18H23N3O11/c1-7(22)28-5-11-13(29-8(2)23)14(30-9(3)24)15(31-10(4)25)18(32-11)21-6-20-17(27)12(21)16(19)26/h6,11,13-15,18,27H,5H2,1-4H3,(H2,19,26)/t11-,13-,14+,15-,18-/m1/s1. The van der Waals surface area contributed by atoms with Crippen LogP contribution in [0.1, 0.15) is 44.4 Å². The van der Waals surface area contributed by atoms with Crippen LogP contribution in [0.5, 0.6) is 5.88 Å². The van der Waals surface area contributed by atoms with Gasteiger partial charge in [0.15, 0.2) is 30.2 Å². The van der Waals surface area contributed by atoms with E-state index in [9.17, 15) is 29.1 Å². The van der Waals surface area contributed by atoms with E-state index in [1.54, 1.807) is 0 Å². The van der Waals surface area contributed by atoms with Gasteiger partial charge in [0, 0.05) is 27.7 Å². The number of carbonyl (C=O) groups excluding carboxylic acids is 5. The molecule has 176 valence electrons. The minimum absolute atomic E-state index is 0.457. The van der Waals surface area contributed by atoms with Gasteiger partial charge < -0.3 is 34.5 Å².